The van der Waals surface area contributed by atoms with Gasteiger partial charge in [0, 0.05) is 12.0 Å². The van der Waals surface area contributed by atoms with Crippen LogP contribution in [0.15, 0.2) is 89.3 Å². The van der Waals surface area contributed by atoms with Gasteiger partial charge in [-0.2, -0.15) is 0 Å². The predicted molar refractivity (Wildman–Crippen MR) is 126 cm³/mol. The quantitative estimate of drug-likeness (QED) is 0.324. The summed E-state index contributed by atoms with van der Waals surface area (Å²) in [6.45, 7) is 2.24. The highest BCUT2D eigenvalue weighted by Crippen LogP contribution is 2.39. The predicted octanol–water partition coefficient (Wildman–Crippen LogP) is 8.05. The second kappa shape index (κ2) is 8.20. The third-order valence-corrected chi connectivity index (χ3v) is 5.96. The molecule has 1 aliphatic rings. The normalized spacial score (nSPS) is 12.6. The van der Waals surface area contributed by atoms with Gasteiger partial charge in [0.15, 0.2) is 0 Å². The molecule has 1 heteroatoms. The molecule has 1 aliphatic carbocycles. The van der Waals surface area contributed by atoms with Crippen LogP contribution >= 0.6 is 0 Å². The Balaban J connectivity index is 1.44. The molecule has 1 aromatic heterocycles. The summed E-state index contributed by atoms with van der Waals surface area (Å²) in [5.41, 5.74) is 9.08. The lowest BCUT2D eigenvalue weighted by molar-refractivity contribution is 0.566. The summed E-state index contributed by atoms with van der Waals surface area (Å²) in [5, 5.41) is 0. The van der Waals surface area contributed by atoms with E-state index in [4.69, 9.17) is 4.42 Å². The lowest BCUT2D eigenvalue weighted by Crippen LogP contribution is -1.89. The molecule has 3 aromatic carbocycles. The molecule has 30 heavy (non-hydrogen) atoms. The zero-order valence-corrected chi connectivity index (χ0v) is 17.4. The van der Waals surface area contributed by atoms with Crippen molar-refractivity contribution >= 4 is 11.6 Å². The van der Waals surface area contributed by atoms with E-state index in [9.17, 15) is 0 Å². The van der Waals surface area contributed by atoms with Crippen molar-refractivity contribution in [2.45, 2.75) is 32.6 Å². The number of hydrogen-bond donors (Lipinski definition) is 0. The van der Waals surface area contributed by atoms with E-state index in [2.05, 4.69) is 79.7 Å². The molecule has 0 amide bonds. The zero-order chi connectivity index (χ0) is 20.3. The minimum atomic E-state index is 0.916. The first-order valence-electron chi connectivity index (χ1n) is 10.9. The summed E-state index contributed by atoms with van der Waals surface area (Å²) in [4.78, 5) is 0. The van der Waals surface area contributed by atoms with Crippen molar-refractivity contribution in [3.63, 3.8) is 0 Å². The highest BCUT2D eigenvalue weighted by atomic mass is 16.3. The topological polar surface area (TPSA) is 13.1 Å². The molecule has 1 nitrogen and oxygen atoms in total. The molecule has 0 atom stereocenters. The number of rotatable bonds is 6. The third-order valence-electron chi connectivity index (χ3n) is 5.96. The molecule has 0 unspecified atom stereocenters. The Labute approximate surface area is 178 Å². The number of furan rings is 1. The van der Waals surface area contributed by atoms with Crippen LogP contribution in [0.3, 0.4) is 0 Å². The van der Waals surface area contributed by atoms with Crippen LogP contribution in [-0.2, 0) is 12.8 Å². The van der Waals surface area contributed by atoms with E-state index >= 15 is 0 Å². The van der Waals surface area contributed by atoms with E-state index in [1.54, 1.807) is 0 Å². The molecule has 5 rings (SSSR count). The molecule has 0 saturated carbocycles. The van der Waals surface area contributed by atoms with Crippen LogP contribution in [0.4, 0.5) is 0 Å². The van der Waals surface area contributed by atoms with Gasteiger partial charge in [0.1, 0.15) is 11.5 Å². The minimum Gasteiger partial charge on any atom is -0.456 e. The van der Waals surface area contributed by atoms with Gasteiger partial charge in [-0.25, -0.2) is 0 Å². The van der Waals surface area contributed by atoms with Gasteiger partial charge in [0.2, 0.25) is 0 Å². The Bertz CT molecular complexity index is 1180. The maximum absolute atomic E-state index is 6.22. The molecule has 148 valence electrons. The average molecular weight is 391 g/mol. The van der Waals surface area contributed by atoms with Crippen LogP contribution in [0.5, 0.6) is 0 Å². The molecule has 4 aromatic rings. The van der Waals surface area contributed by atoms with Crippen molar-refractivity contribution < 1.29 is 4.42 Å². The largest absolute Gasteiger partial charge is 0.456 e. The van der Waals surface area contributed by atoms with E-state index in [0.717, 1.165) is 29.9 Å². The van der Waals surface area contributed by atoms with Gasteiger partial charge in [-0.1, -0.05) is 86.1 Å². The number of benzene rings is 3. The van der Waals surface area contributed by atoms with E-state index < -0.39 is 0 Å². The maximum Gasteiger partial charge on any atom is 0.134 e. The highest BCUT2D eigenvalue weighted by molar-refractivity contribution is 5.93. The van der Waals surface area contributed by atoms with Crippen LogP contribution in [0.2, 0.25) is 0 Å². The molecule has 0 fully saturated rings. The van der Waals surface area contributed by atoms with E-state index in [1.807, 2.05) is 18.2 Å². The maximum atomic E-state index is 6.22. The Hall–Kier alpha value is -3.32. The molecule has 0 N–H and O–H groups in total. The SMILES string of the molecule is CCCCc1ccc(-c2cccc3c2C=C(c2ccc(-c4ccccc4)o2)C3)cc1. The van der Waals surface area contributed by atoms with Gasteiger partial charge in [-0.15, -0.1) is 0 Å². The third kappa shape index (κ3) is 3.64. The Morgan fingerprint density at radius 2 is 1.53 bits per heavy atom. The summed E-state index contributed by atoms with van der Waals surface area (Å²) < 4.78 is 6.22. The van der Waals surface area contributed by atoms with E-state index in [1.165, 1.54) is 46.2 Å². The number of fused-ring (bicyclic) bond motifs is 1. The van der Waals surface area contributed by atoms with E-state index in [0.29, 0.717) is 0 Å². The lowest BCUT2D eigenvalue weighted by atomic mass is 9.96. The highest BCUT2D eigenvalue weighted by Gasteiger charge is 2.20. The summed E-state index contributed by atoms with van der Waals surface area (Å²) >= 11 is 0. The lowest BCUT2D eigenvalue weighted by Gasteiger charge is -2.09. The fourth-order valence-electron chi connectivity index (χ4n) is 4.28. The Morgan fingerprint density at radius 3 is 2.33 bits per heavy atom. The average Bonchev–Trinajstić information content (AvgIpc) is 3.46. The zero-order valence-electron chi connectivity index (χ0n) is 17.4. The molecule has 0 spiro atoms. The van der Waals surface area contributed by atoms with Crippen LogP contribution in [0.25, 0.3) is 34.1 Å². The minimum absolute atomic E-state index is 0.916. The Morgan fingerprint density at radius 1 is 0.733 bits per heavy atom. The van der Waals surface area contributed by atoms with Gasteiger partial charge in [0.05, 0.1) is 0 Å². The second-order valence-corrected chi connectivity index (χ2v) is 8.06. The number of unbranched alkanes of at least 4 members (excludes halogenated alkanes) is 1. The fraction of sp³-hybridized carbons (Fsp3) is 0.172. The Kier molecular flexibility index (Phi) is 5.11. The molecular weight excluding hydrogens is 364 g/mol. The van der Waals surface area contributed by atoms with Crippen molar-refractivity contribution in [3.05, 3.63) is 107 Å². The fourth-order valence-corrected chi connectivity index (χ4v) is 4.28. The molecule has 0 bridgehead atoms. The second-order valence-electron chi connectivity index (χ2n) is 8.06. The van der Waals surface area contributed by atoms with Gasteiger partial charge >= 0.3 is 0 Å². The molecule has 0 aliphatic heterocycles. The number of aryl methyl sites for hydroxylation is 1. The van der Waals surface area contributed by atoms with Crippen LogP contribution < -0.4 is 0 Å². The molecule has 0 saturated heterocycles. The standard InChI is InChI=1S/C29H26O/c1-2-3-8-21-13-15-22(16-14-21)26-12-7-11-24-19-25(20-27(24)26)29-18-17-28(30-29)23-9-5-4-6-10-23/h4-7,9-18,20H,2-3,8,19H2,1H3. The molecule has 0 radical (unpaired) electrons. The summed E-state index contributed by atoms with van der Waals surface area (Å²) in [5.74, 6) is 1.89. The van der Waals surface area contributed by atoms with Crippen molar-refractivity contribution in [1.82, 2.24) is 0 Å². The number of hydrogen-bond acceptors (Lipinski definition) is 1. The van der Waals surface area contributed by atoms with Gasteiger partial charge in [-0.3, -0.25) is 0 Å². The van der Waals surface area contributed by atoms with Gasteiger partial charge in [0.25, 0.3) is 0 Å². The molecule has 1 heterocycles. The van der Waals surface area contributed by atoms with Crippen LogP contribution in [0, 0.1) is 0 Å². The summed E-state index contributed by atoms with van der Waals surface area (Å²) in [7, 11) is 0. The first-order valence-corrected chi connectivity index (χ1v) is 10.9. The van der Waals surface area contributed by atoms with Gasteiger partial charge in [-0.05, 0) is 64.4 Å². The molecular formula is C29H26O. The summed E-state index contributed by atoms with van der Waals surface area (Å²) in [6, 6.07) is 30.2. The first kappa shape index (κ1) is 18.7. The van der Waals surface area contributed by atoms with Gasteiger partial charge < -0.3 is 4.42 Å². The van der Waals surface area contributed by atoms with Crippen molar-refractivity contribution in [2.75, 3.05) is 0 Å². The van der Waals surface area contributed by atoms with Crippen LogP contribution in [-0.4, -0.2) is 0 Å². The first-order chi connectivity index (χ1) is 14.8. The number of allylic oxidation sites excluding steroid dienone is 1. The van der Waals surface area contributed by atoms with Crippen molar-refractivity contribution in [3.8, 4) is 22.5 Å². The summed E-state index contributed by atoms with van der Waals surface area (Å²) in [6.07, 6.45) is 6.87. The van der Waals surface area contributed by atoms with E-state index in [-0.39, 0.29) is 0 Å². The smallest absolute Gasteiger partial charge is 0.134 e. The van der Waals surface area contributed by atoms with Crippen molar-refractivity contribution in [2.24, 2.45) is 0 Å². The monoisotopic (exact) mass is 390 g/mol. The van der Waals surface area contributed by atoms with Crippen molar-refractivity contribution in [1.29, 1.82) is 0 Å². The van der Waals surface area contributed by atoms with Crippen LogP contribution in [0.1, 0.15) is 42.2 Å².